The molecule has 2 saturated carbocycles. The van der Waals surface area contributed by atoms with E-state index in [0.29, 0.717) is 132 Å². The molecule has 3 aliphatic carbocycles. The number of halogens is 1. The lowest BCUT2D eigenvalue weighted by atomic mass is 9.83. The summed E-state index contributed by atoms with van der Waals surface area (Å²) in [5, 5.41) is 73.4. The van der Waals surface area contributed by atoms with Crippen molar-refractivity contribution in [1.82, 2.24) is 65.2 Å². The molecule has 782 valence electrons. The zero-order valence-corrected chi connectivity index (χ0v) is 86.6. The predicted octanol–water partition coefficient (Wildman–Crippen LogP) is 15.3. The van der Waals surface area contributed by atoms with Crippen molar-refractivity contribution in [2.75, 3.05) is 63.5 Å². The molecule has 4 bridgehead atoms. The van der Waals surface area contributed by atoms with Gasteiger partial charge >= 0.3 is 18.2 Å². The van der Waals surface area contributed by atoms with Gasteiger partial charge in [-0.25, -0.2) is 19.1 Å². The minimum Gasteiger partial charge on any atom is -0.506 e. The molecule has 2 saturated heterocycles. The molecule has 5 aromatic heterocycles. The normalized spacial score (nSPS) is 23.4. The molecular formula is C114H131ClN16O17S. The van der Waals surface area contributed by atoms with Gasteiger partial charge in [0.25, 0.3) is 0 Å². The Labute approximate surface area is 877 Å². The molecule has 15 atom stereocenters. The fraction of sp³-hybridized carbons (Fsp3) is 0.421. The predicted molar refractivity (Wildman–Crippen MR) is 562 cm³/mol. The summed E-state index contributed by atoms with van der Waals surface area (Å²) in [6.45, 7) is 12.1. The van der Waals surface area contributed by atoms with Crippen molar-refractivity contribution < 1.29 is 82.4 Å². The van der Waals surface area contributed by atoms with Gasteiger partial charge in [-0.3, -0.25) is 59.5 Å². The number of ether oxygens (including phenoxy) is 6. The summed E-state index contributed by atoms with van der Waals surface area (Å²) in [4.78, 5) is 126. The number of amides is 6. The number of aliphatic hydroxyl groups excluding tert-OH is 2. The van der Waals surface area contributed by atoms with Gasteiger partial charge < -0.3 is 68.9 Å². The highest BCUT2D eigenvalue weighted by atomic mass is 35.5. The number of phenols is 1. The van der Waals surface area contributed by atoms with Crippen LogP contribution in [0, 0.1) is 46.8 Å². The number of rotatable bonds is 40. The number of likely N-dealkylation sites (N-methyl/N-ethyl adjacent to an activating group) is 1. The summed E-state index contributed by atoms with van der Waals surface area (Å²) in [7, 11) is 4.33. The fourth-order valence-corrected chi connectivity index (χ4v) is 22.1. The van der Waals surface area contributed by atoms with E-state index in [1.165, 1.54) is 61.8 Å². The monoisotopic (exact) mass is 2060 g/mol. The average Bonchev–Trinajstić information content (AvgIpc) is 1.57. The number of phenolic OH excluding ortho intramolecular Hbond substituents is 1. The van der Waals surface area contributed by atoms with Crippen molar-refractivity contribution in [1.29, 1.82) is 5.26 Å². The Morgan fingerprint density at radius 1 is 0.752 bits per heavy atom. The third kappa shape index (κ3) is 28.7. The maximum Gasteiger partial charge on any atom is 0.411 e. The number of aliphatic hydroxyl groups is 3. The number of alkyl carbamates (subject to hydrolysis) is 1. The number of carbonyl (C=O) groups excluding carboxylic acids is 7. The molecule has 0 radical (unpaired) electrons. The van der Waals surface area contributed by atoms with Gasteiger partial charge in [0.2, 0.25) is 23.6 Å². The number of methoxy groups -OCH3 is 1. The first-order valence-corrected chi connectivity index (χ1v) is 52.4. The number of aromatic nitrogens is 7. The molecule has 0 spiro atoms. The van der Waals surface area contributed by atoms with Crippen LogP contribution >= 0.6 is 23.4 Å². The summed E-state index contributed by atoms with van der Waals surface area (Å²) in [5.41, 5.74) is 10.3. The van der Waals surface area contributed by atoms with Crippen LogP contribution in [0.1, 0.15) is 154 Å². The number of epoxide rings is 1. The van der Waals surface area contributed by atoms with Crippen LogP contribution in [0.3, 0.4) is 0 Å². The Kier molecular flexibility index (Phi) is 36.7. The number of benzene rings is 5. The van der Waals surface area contributed by atoms with Crippen LogP contribution < -0.4 is 25.6 Å². The number of aromatic hydroxyl groups is 1. The Balaban J connectivity index is 0.479. The number of allylic oxidation sites excluding steroid dienone is 4. The highest BCUT2D eigenvalue weighted by Gasteiger charge is 2.65. The lowest BCUT2D eigenvalue weighted by Gasteiger charge is -2.42. The standard InChI is InChI=1S/C114H131ClN16O17S/c1-73-22-21-29-100(143-7)114(142)63-98(146-112(141)123-114)74(2)109-113(4,148-109)101(62-105(136)127(6)96-58-77(54-73)59-97(132)106(96)115)147-110(139)75(3)126(5)103(134)44-53-149-99(42-45-116)82-34-36-85(37-35-82)122-111(140)145-72-93-91-38-40-94-95(41-39-92(91)93)131(125-124-94)67-84-60-83(107(137)108(84)138)61-102(133)121-50-43-104(135)130(66-76-30-32-81(33-31-76)80-23-9-8-10-24-80)51-19-20-52-144-90-56-78(64-128(68-86-25-11-15-46-117-86)69-87-26-12-16-47-118-87)55-79(57-90)65-129(70-88-27-13-17-48-119-88)71-89-28-14-18-49-120-89/h8-18,21-37,42,46-49,55-59,74-75,83-84,91-93,98,100-101,107-109,132,137-138,142H,19-20,38-41,43-44,50-54,60-72H2,1-7H3,(H,121,133)(H,122,140)(H,123,141)/b29-21+,73-22+,99-42-/t74?,75-,83+,84+,91?,92?,93?,98-,100+,101?,107-,108+,109-,113-,114-/m0/s1. The number of hydrogen-bond donors (Lipinski definition) is 7. The van der Waals surface area contributed by atoms with Crippen LogP contribution in [0.2, 0.25) is 5.02 Å². The molecule has 16 rings (SSSR count). The van der Waals surface area contributed by atoms with Crippen LogP contribution in [-0.2, 0) is 119 Å². The molecule has 10 aromatic rings. The second-order valence-corrected chi connectivity index (χ2v) is 41.5. The topological polar surface area (TPSA) is 417 Å². The van der Waals surface area contributed by atoms with Gasteiger partial charge in [-0.05, 0) is 220 Å². The Morgan fingerprint density at radius 2 is 1.38 bits per heavy atom. The molecule has 33 nitrogen and oxygen atoms in total. The molecule has 5 aromatic carbocycles. The SMILES string of the molecule is CO[C@@H]1/C=C/C=C(\C)Cc2cc(O)c(Cl)c(c2)N(C)C(=O)CC(OC(=O)[C@H](C)N(C)C(=O)CCS/C(=C\C#N)c2ccc(NC(=O)OCC3C4CCc5nnn(C[C@H]6C[C@H](CC(=O)NCCC(=O)N(CCCCOc7cc(CN(Cc8ccccn8)Cc8ccccn8)cc(CN(Cc8ccccn8)Cc8ccccn8)c7)Cc7ccc(-c8ccccc8)cc7)[C@H](O)[C@@H]6O)c5CCC43)cc2)[C@]2(C)O[C@H]2C(C)[C@@H]2C[C@@]1(O)NC(=O)O2. The van der Waals surface area contributed by atoms with E-state index >= 15 is 0 Å². The van der Waals surface area contributed by atoms with E-state index in [9.17, 15) is 59.2 Å². The van der Waals surface area contributed by atoms with Crippen molar-refractivity contribution >= 4 is 81.4 Å². The van der Waals surface area contributed by atoms with Crippen molar-refractivity contribution in [2.24, 2.45) is 35.5 Å². The zero-order chi connectivity index (χ0) is 105. The fourth-order valence-electron chi connectivity index (χ4n) is 20.9. The number of aryl methyl sites for hydroxylation is 1. The highest BCUT2D eigenvalue weighted by Crippen LogP contribution is 2.54. The second-order valence-electron chi connectivity index (χ2n) is 40.0. The summed E-state index contributed by atoms with van der Waals surface area (Å²) in [5.74, 6) is -2.55. The van der Waals surface area contributed by atoms with Gasteiger partial charge in [-0.2, -0.15) is 5.26 Å². The van der Waals surface area contributed by atoms with Crippen LogP contribution in [-0.4, -0.2) is 224 Å². The van der Waals surface area contributed by atoms with E-state index in [1.807, 2.05) is 132 Å². The van der Waals surface area contributed by atoms with E-state index in [4.69, 9.17) is 60.0 Å². The lowest BCUT2D eigenvalue weighted by Crippen LogP contribution is -2.63. The van der Waals surface area contributed by atoms with Gasteiger partial charge in [-0.15, -0.1) is 16.9 Å². The van der Waals surface area contributed by atoms with E-state index in [1.54, 1.807) is 62.4 Å². The lowest BCUT2D eigenvalue weighted by molar-refractivity contribution is -0.162. The number of pyridine rings is 4. The number of nitrogens with zero attached hydrogens (tertiary/aromatic N) is 13. The first-order valence-electron chi connectivity index (χ1n) is 51.0. The number of esters is 1. The molecule has 4 fully saturated rings. The van der Waals surface area contributed by atoms with Crippen LogP contribution in [0.5, 0.6) is 11.5 Å². The quantitative estimate of drug-likeness (QED) is 0.00616. The van der Waals surface area contributed by atoms with Gasteiger partial charge in [0.1, 0.15) is 46.5 Å². The van der Waals surface area contributed by atoms with Gasteiger partial charge in [0, 0.05) is 171 Å². The minimum absolute atomic E-state index is 0.0398. The van der Waals surface area contributed by atoms with Crippen molar-refractivity contribution in [2.45, 2.75) is 218 Å². The number of nitriles is 1. The molecule has 149 heavy (non-hydrogen) atoms. The summed E-state index contributed by atoms with van der Waals surface area (Å²) >= 11 is 7.91. The van der Waals surface area contributed by atoms with Crippen molar-refractivity contribution in [3.8, 4) is 28.7 Å². The van der Waals surface area contributed by atoms with Crippen molar-refractivity contribution in [3.63, 3.8) is 0 Å². The molecular weight excluding hydrogens is 1930 g/mol. The molecule has 5 unspecified atom stereocenters. The number of unbranched alkanes of at least 4 members (excludes halogenated alkanes) is 1. The molecule has 7 N–H and O–H groups in total. The largest absolute Gasteiger partial charge is 0.506 e. The summed E-state index contributed by atoms with van der Waals surface area (Å²) in [6.07, 6.45) is 10.0. The first-order chi connectivity index (χ1) is 72.0. The van der Waals surface area contributed by atoms with Crippen LogP contribution in [0.15, 0.2) is 237 Å². The second kappa shape index (κ2) is 50.6. The van der Waals surface area contributed by atoms with Gasteiger partial charge in [-0.1, -0.05) is 145 Å². The molecule has 8 heterocycles. The summed E-state index contributed by atoms with van der Waals surface area (Å²) < 4.78 is 38.4. The number of fused-ring (bicyclic) bond motifs is 7. The Hall–Kier alpha value is -13.6. The van der Waals surface area contributed by atoms with Crippen LogP contribution in [0.4, 0.5) is 21.0 Å². The molecule has 6 aliphatic rings. The van der Waals surface area contributed by atoms with Gasteiger partial charge in [0.15, 0.2) is 5.72 Å². The van der Waals surface area contributed by atoms with Crippen molar-refractivity contribution in [3.05, 3.63) is 304 Å². The number of carbonyl (C=O) groups is 7. The number of anilines is 2. The highest BCUT2D eigenvalue weighted by molar-refractivity contribution is 8.08. The first kappa shape index (κ1) is 108. The maximum absolute atomic E-state index is 14.5. The smallest absolute Gasteiger partial charge is 0.411 e. The minimum atomic E-state index is -1.92. The number of hydrogen-bond acceptors (Lipinski definition) is 27. The van der Waals surface area contributed by atoms with E-state index in [0.717, 1.165) is 86.1 Å². The molecule has 35 heteroatoms. The Morgan fingerprint density at radius 3 is 2.00 bits per heavy atom. The molecule has 6 amide bonds. The van der Waals surface area contributed by atoms with E-state index < -0.39 is 108 Å². The third-order valence-electron chi connectivity index (χ3n) is 29.4. The maximum atomic E-state index is 14.5. The molecule has 3 aliphatic heterocycles. The summed E-state index contributed by atoms with van der Waals surface area (Å²) in [6, 6.07) is 59.6. The average molecular weight is 2060 g/mol. The van der Waals surface area contributed by atoms with Crippen LogP contribution in [0.25, 0.3) is 16.0 Å². The number of nitrogens with one attached hydrogen (secondary N) is 3. The zero-order valence-electron chi connectivity index (χ0n) is 85.0. The van der Waals surface area contributed by atoms with Gasteiger partial charge in [0.05, 0.1) is 83.9 Å². The third-order valence-corrected chi connectivity index (χ3v) is 30.8. The number of thioether (sulfide) groups is 1. The Bertz CT molecular complexity index is 6230. The van der Waals surface area contributed by atoms with E-state index in [2.05, 4.69) is 96.7 Å². The van der Waals surface area contributed by atoms with E-state index in [-0.39, 0.29) is 84.7 Å².